The van der Waals surface area contributed by atoms with Crippen molar-refractivity contribution in [2.45, 2.75) is 39.2 Å². The van der Waals surface area contributed by atoms with Crippen LogP contribution in [0.15, 0.2) is 48.5 Å². The number of hydrogen-bond acceptors (Lipinski definition) is 3. The van der Waals surface area contributed by atoms with Gasteiger partial charge in [0.2, 0.25) is 5.91 Å². The molecular formula is C22H26ClN3O3. The Bertz CT molecular complexity index is 862. The molecule has 154 valence electrons. The third kappa shape index (κ3) is 7.23. The first-order valence-electron chi connectivity index (χ1n) is 9.46. The predicted molar refractivity (Wildman–Crippen MR) is 115 cm³/mol. The summed E-state index contributed by atoms with van der Waals surface area (Å²) in [6.45, 7) is 6.15. The number of halogens is 1. The van der Waals surface area contributed by atoms with E-state index in [1.54, 1.807) is 48.5 Å². The lowest BCUT2D eigenvalue weighted by atomic mass is 10.0. The summed E-state index contributed by atoms with van der Waals surface area (Å²) in [6, 6.07) is 13.2. The fourth-order valence-corrected chi connectivity index (χ4v) is 2.52. The number of hydrogen-bond donors (Lipinski definition) is 3. The highest BCUT2D eigenvalue weighted by molar-refractivity contribution is 6.30. The van der Waals surface area contributed by atoms with E-state index in [4.69, 9.17) is 11.6 Å². The topological polar surface area (TPSA) is 87.3 Å². The molecule has 3 N–H and O–H groups in total. The van der Waals surface area contributed by atoms with Gasteiger partial charge in [0, 0.05) is 40.3 Å². The van der Waals surface area contributed by atoms with E-state index in [9.17, 15) is 14.4 Å². The van der Waals surface area contributed by atoms with Crippen LogP contribution in [-0.2, 0) is 4.79 Å². The van der Waals surface area contributed by atoms with Crippen molar-refractivity contribution < 1.29 is 14.4 Å². The van der Waals surface area contributed by atoms with Crippen molar-refractivity contribution in [2.75, 3.05) is 11.9 Å². The Hall–Kier alpha value is -2.86. The van der Waals surface area contributed by atoms with E-state index in [-0.39, 0.29) is 36.2 Å². The van der Waals surface area contributed by atoms with Crippen molar-refractivity contribution in [3.63, 3.8) is 0 Å². The third-order valence-corrected chi connectivity index (χ3v) is 4.76. The lowest BCUT2D eigenvalue weighted by Gasteiger charge is -2.24. The number of carbonyl (C=O) groups excluding carboxylic acids is 3. The number of benzene rings is 2. The molecule has 0 saturated carbocycles. The molecule has 2 aromatic carbocycles. The maximum atomic E-state index is 12.2. The zero-order chi connectivity index (χ0) is 21.4. The van der Waals surface area contributed by atoms with Crippen LogP contribution in [0, 0.1) is 0 Å². The van der Waals surface area contributed by atoms with Gasteiger partial charge in [-0.1, -0.05) is 18.5 Å². The summed E-state index contributed by atoms with van der Waals surface area (Å²) >= 11 is 5.79. The van der Waals surface area contributed by atoms with Gasteiger partial charge in [-0.15, -0.1) is 0 Å². The Morgan fingerprint density at radius 2 is 1.45 bits per heavy atom. The van der Waals surface area contributed by atoms with Crippen molar-refractivity contribution >= 4 is 35.0 Å². The molecule has 3 amide bonds. The van der Waals surface area contributed by atoms with E-state index in [0.29, 0.717) is 21.8 Å². The smallest absolute Gasteiger partial charge is 0.251 e. The Morgan fingerprint density at radius 1 is 0.897 bits per heavy atom. The zero-order valence-electron chi connectivity index (χ0n) is 16.8. The summed E-state index contributed by atoms with van der Waals surface area (Å²) in [7, 11) is 0. The second-order valence-corrected chi connectivity index (χ2v) is 7.77. The maximum absolute atomic E-state index is 12.2. The normalized spacial score (nSPS) is 10.9. The first-order valence-corrected chi connectivity index (χ1v) is 9.84. The first-order chi connectivity index (χ1) is 13.7. The monoisotopic (exact) mass is 415 g/mol. The van der Waals surface area contributed by atoms with Gasteiger partial charge in [-0.2, -0.15) is 0 Å². The lowest BCUT2D eigenvalue weighted by Crippen LogP contribution is -2.42. The average molecular weight is 416 g/mol. The van der Waals surface area contributed by atoms with Crippen LogP contribution in [0.4, 0.5) is 5.69 Å². The molecule has 2 aromatic rings. The highest BCUT2D eigenvalue weighted by Gasteiger charge is 2.18. The maximum Gasteiger partial charge on any atom is 0.251 e. The number of anilines is 1. The molecule has 0 aliphatic heterocycles. The van der Waals surface area contributed by atoms with Crippen molar-refractivity contribution in [2.24, 2.45) is 0 Å². The fourth-order valence-electron chi connectivity index (χ4n) is 2.39. The van der Waals surface area contributed by atoms with Gasteiger partial charge in [0.05, 0.1) is 0 Å². The largest absolute Gasteiger partial charge is 0.352 e. The number of nitrogens with one attached hydrogen (secondary N) is 3. The van der Waals surface area contributed by atoms with Crippen LogP contribution in [0.25, 0.3) is 0 Å². The molecule has 0 heterocycles. The van der Waals surface area contributed by atoms with Crippen LogP contribution in [0.2, 0.25) is 5.02 Å². The Kier molecular flexibility index (Phi) is 7.79. The summed E-state index contributed by atoms with van der Waals surface area (Å²) in [5.41, 5.74) is 1.32. The van der Waals surface area contributed by atoms with E-state index in [2.05, 4.69) is 16.0 Å². The first kappa shape index (κ1) is 22.4. The Morgan fingerprint density at radius 3 is 2.03 bits per heavy atom. The van der Waals surface area contributed by atoms with Crippen LogP contribution in [-0.4, -0.2) is 29.8 Å². The van der Waals surface area contributed by atoms with Gasteiger partial charge in [-0.3, -0.25) is 14.4 Å². The molecule has 0 radical (unpaired) electrons. The van der Waals surface area contributed by atoms with Gasteiger partial charge < -0.3 is 16.0 Å². The molecule has 0 spiro atoms. The van der Waals surface area contributed by atoms with E-state index in [0.717, 1.165) is 6.42 Å². The molecule has 0 bridgehead atoms. The van der Waals surface area contributed by atoms with E-state index < -0.39 is 0 Å². The Balaban J connectivity index is 1.79. The van der Waals surface area contributed by atoms with Gasteiger partial charge in [0.15, 0.2) is 0 Å². The second-order valence-electron chi connectivity index (χ2n) is 7.33. The standard InChI is InChI=1S/C22H26ClN3O3/c1-4-22(2,3)26-21(29)16-7-11-18(12-8-16)25-19(27)13-14-24-20(28)15-5-9-17(23)10-6-15/h5-12H,4,13-14H2,1-3H3,(H,24,28)(H,25,27)(H,26,29). The Labute approximate surface area is 176 Å². The zero-order valence-corrected chi connectivity index (χ0v) is 17.6. The van der Waals surface area contributed by atoms with Gasteiger partial charge in [-0.25, -0.2) is 0 Å². The number of rotatable bonds is 8. The molecule has 0 fully saturated rings. The molecule has 0 aliphatic rings. The highest BCUT2D eigenvalue weighted by Crippen LogP contribution is 2.13. The SMILES string of the molecule is CCC(C)(C)NC(=O)c1ccc(NC(=O)CCNC(=O)c2ccc(Cl)cc2)cc1. The van der Waals surface area contributed by atoms with Crippen molar-refractivity contribution in [1.29, 1.82) is 0 Å². The second kappa shape index (κ2) is 10.1. The number of amides is 3. The third-order valence-electron chi connectivity index (χ3n) is 4.51. The summed E-state index contributed by atoms with van der Waals surface area (Å²) in [6.07, 6.45) is 0.952. The molecule has 29 heavy (non-hydrogen) atoms. The molecule has 0 aromatic heterocycles. The van der Waals surface area contributed by atoms with Gasteiger partial charge in [0.25, 0.3) is 11.8 Å². The minimum atomic E-state index is -0.277. The summed E-state index contributed by atoms with van der Waals surface area (Å²) < 4.78 is 0. The molecule has 0 atom stereocenters. The van der Waals surface area contributed by atoms with Crippen LogP contribution < -0.4 is 16.0 Å². The van der Waals surface area contributed by atoms with E-state index in [1.807, 2.05) is 20.8 Å². The molecular weight excluding hydrogens is 390 g/mol. The van der Waals surface area contributed by atoms with Crippen molar-refractivity contribution in [1.82, 2.24) is 10.6 Å². The average Bonchev–Trinajstić information content (AvgIpc) is 2.68. The van der Waals surface area contributed by atoms with Crippen molar-refractivity contribution in [3.8, 4) is 0 Å². The summed E-state index contributed by atoms with van der Waals surface area (Å²) in [5.74, 6) is -0.648. The molecule has 7 heteroatoms. The predicted octanol–water partition coefficient (Wildman–Crippen LogP) is 4.02. The molecule has 6 nitrogen and oxygen atoms in total. The summed E-state index contributed by atoms with van der Waals surface area (Å²) in [5, 5.41) is 8.96. The van der Waals surface area contributed by atoms with E-state index >= 15 is 0 Å². The van der Waals surface area contributed by atoms with Crippen molar-refractivity contribution in [3.05, 3.63) is 64.7 Å². The molecule has 0 aliphatic carbocycles. The van der Waals surface area contributed by atoms with Crippen LogP contribution in [0.5, 0.6) is 0 Å². The van der Waals surface area contributed by atoms with E-state index in [1.165, 1.54) is 0 Å². The van der Waals surface area contributed by atoms with Crippen LogP contribution in [0.1, 0.15) is 54.3 Å². The lowest BCUT2D eigenvalue weighted by molar-refractivity contribution is -0.116. The molecule has 0 saturated heterocycles. The minimum Gasteiger partial charge on any atom is -0.352 e. The molecule has 0 unspecified atom stereocenters. The minimum absolute atomic E-state index is 0.131. The van der Waals surface area contributed by atoms with Gasteiger partial charge in [-0.05, 0) is 68.8 Å². The number of carbonyl (C=O) groups is 3. The molecule has 2 rings (SSSR count). The van der Waals surface area contributed by atoms with Gasteiger partial charge in [0.1, 0.15) is 0 Å². The highest BCUT2D eigenvalue weighted by atomic mass is 35.5. The van der Waals surface area contributed by atoms with Crippen LogP contribution in [0.3, 0.4) is 0 Å². The summed E-state index contributed by atoms with van der Waals surface area (Å²) in [4.78, 5) is 36.3. The quantitative estimate of drug-likeness (QED) is 0.608. The van der Waals surface area contributed by atoms with Crippen LogP contribution >= 0.6 is 11.6 Å². The fraction of sp³-hybridized carbons (Fsp3) is 0.318. The van der Waals surface area contributed by atoms with Gasteiger partial charge >= 0.3 is 0 Å².